The van der Waals surface area contributed by atoms with Crippen LogP contribution in [-0.4, -0.2) is 30.5 Å². The number of nitriles is 1. The molecule has 0 radical (unpaired) electrons. The smallest absolute Gasteiger partial charge is 0.223 e. The first kappa shape index (κ1) is 13.4. The van der Waals surface area contributed by atoms with Crippen molar-refractivity contribution in [2.75, 3.05) is 13.7 Å². The number of rotatable bonds is 4. The molecule has 0 bridgehead atoms. The van der Waals surface area contributed by atoms with Crippen LogP contribution in [0.25, 0.3) is 0 Å². The van der Waals surface area contributed by atoms with Crippen LogP contribution in [0.3, 0.4) is 0 Å². The molecule has 1 heterocycles. The van der Waals surface area contributed by atoms with Gasteiger partial charge in [0, 0.05) is 13.0 Å². The van der Waals surface area contributed by atoms with E-state index in [0.717, 1.165) is 30.7 Å². The molecule has 1 atom stereocenters. The minimum Gasteiger partial charge on any atom is -0.497 e. The summed E-state index contributed by atoms with van der Waals surface area (Å²) in [6.07, 6.45) is 2.92. The van der Waals surface area contributed by atoms with E-state index in [-0.39, 0.29) is 11.9 Å². The van der Waals surface area contributed by atoms with Crippen molar-refractivity contribution in [3.05, 3.63) is 29.8 Å². The van der Waals surface area contributed by atoms with Crippen molar-refractivity contribution in [2.24, 2.45) is 0 Å². The van der Waals surface area contributed by atoms with E-state index in [1.165, 1.54) is 0 Å². The van der Waals surface area contributed by atoms with E-state index < -0.39 is 0 Å². The highest BCUT2D eigenvalue weighted by molar-refractivity contribution is 5.77. The fourth-order valence-electron chi connectivity index (χ4n) is 2.39. The van der Waals surface area contributed by atoms with Crippen LogP contribution in [0.4, 0.5) is 0 Å². The predicted octanol–water partition coefficient (Wildman–Crippen LogP) is 2.14. The highest BCUT2D eigenvalue weighted by Crippen LogP contribution is 2.19. The molecule has 0 N–H and O–H groups in total. The Bertz CT molecular complexity index is 476. The van der Waals surface area contributed by atoms with E-state index in [0.29, 0.717) is 12.8 Å². The van der Waals surface area contributed by atoms with Gasteiger partial charge in [-0.25, -0.2) is 0 Å². The molecule has 1 aliphatic rings. The van der Waals surface area contributed by atoms with Gasteiger partial charge < -0.3 is 9.64 Å². The van der Waals surface area contributed by atoms with Gasteiger partial charge in [0.05, 0.1) is 13.2 Å². The lowest BCUT2D eigenvalue weighted by molar-refractivity contribution is -0.131. The molecule has 1 unspecified atom stereocenters. The van der Waals surface area contributed by atoms with Gasteiger partial charge in [-0.3, -0.25) is 4.79 Å². The minimum absolute atomic E-state index is 0.0832. The summed E-state index contributed by atoms with van der Waals surface area (Å²) in [5.74, 6) is 0.902. The first-order valence-corrected chi connectivity index (χ1v) is 6.56. The topological polar surface area (TPSA) is 53.3 Å². The molecule has 1 aliphatic heterocycles. The molecular formula is C15H18N2O2. The summed E-state index contributed by atoms with van der Waals surface area (Å²) in [5, 5.41) is 8.97. The lowest BCUT2D eigenvalue weighted by Gasteiger charge is -2.19. The third-order valence-corrected chi connectivity index (χ3v) is 3.51. The van der Waals surface area contributed by atoms with E-state index in [4.69, 9.17) is 10.00 Å². The van der Waals surface area contributed by atoms with Crippen LogP contribution < -0.4 is 4.74 Å². The van der Waals surface area contributed by atoms with Gasteiger partial charge >= 0.3 is 0 Å². The molecule has 2 rings (SSSR count). The Balaban J connectivity index is 1.87. The minimum atomic E-state index is -0.219. The summed E-state index contributed by atoms with van der Waals surface area (Å²) < 4.78 is 5.09. The number of amides is 1. The Morgan fingerprint density at radius 2 is 2.21 bits per heavy atom. The van der Waals surface area contributed by atoms with E-state index in [2.05, 4.69) is 6.07 Å². The SMILES string of the molecule is COc1ccc(CCC(=O)N2CCCC2C#N)cc1. The number of likely N-dealkylation sites (tertiary alicyclic amines) is 1. The van der Waals surface area contributed by atoms with Crippen LogP contribution >= 0.6 is 0 Å². The van der Waals surface area contributed by atoms with Crippen molar-refractivity contribution < 1.29 is 9.53 Å². The number of hydrogen-bond acceptors (Lipinski definition) is 3. The average molecular weight is 258 g/mol. The van der Waals surface area contributed by atoms with Crippen molar-refractivity contribution in [3.8, 4) is 11.8 Å². The molecule has 4 nitrogen and oxygen atoms in total. The summed E-state index contributed by atoms with van der Waals surface area (Å²) in [4.78, 5) is 13.8. The van der Waals surface area contributed by atoms with Gasteiger partial charge in [-0.1, -0.05) is 12.1 Å². The number of carbonyl (C=O) groups excluding carboxylic acids is 1. The Morgan fingerprint density at radius 1 is 1.47 bits per heavy atom. The molecular weight excluding hydrogens is 240 g/mol. The molecule has 1 saturated heterocycles. The van der Waals surface area contributed by atoms with Crippen molar-refractivity contribution in [1.82, 2.24) is 4.90 Å². The Kier molecular flexibility index (Phi) is 4.40. The summed E-state index contributed by atoms with van der Waals surface area (Å²) in [5.41, 5.74) is 1.11. The number of nitrogens with zero attached hydrogens (tertiary/aromatic N) is 2. The van der Waals surface area contributed by atoms with E-state index >= 15 is 0 Å². The highest BCUT2D eigenvalue weighted by Gasteiger charge is 2.27. The number of methoxy groups -OCH3 is 1. The maximum atomic E-state index is 12.1. The Morgan fingerprint density at radius 3 is 2.84 bits per heavy atom. The van der Waals surface area contributed by atoms with Crippen LogP contribution in [0.1, 0.15) is 24.8 Å². The lowest BCUT2D eigenvalue weighted by Crippen LogP contribution is -2.34. The van der Waals surface area contributed by atoms with Crippen LogP contribution in [0.2, 0.25) is 0 Å². The monoisotopic (exact) mass is 258 g/mol. The third-order valence-electron chi connectivity index (χ3n) is 3.51. The van der Waals surface area contributed by atoms with Crippen molar-refractivity contribution in [1.29, 1.82) is 5.26 Å². The zero-order valence-corrected chi connectivity index (χ0v) is 11.1. The zero-order chi connectivity index (χ0) is 13.7. The van der Waals surface area contributed by atoms with Crippen molar-refractivity contribution in [2.45, 2.75) is 31.7 Å². The van der Waals surface area contributed by atoms with Crippen molar-refractivity contribution in [3.63, 3.8) is 0 Å². The molecule has 1 aromatic carbocycles. The third kappa shape index (κ3) is 3.25. The fraction of sp³-hybridized carbons (Fsp3) is 0.467. The van der Waals surface area contributed by atoms with Crippen LogP contribution in [-0.2, 0) is 11.2 Å². The Labute approximate surface area is 113 Å². The van der Waals surface area contributed by atoms with Gasteiger partial charge in [0.25, 0.3) is 0 Å². The molecule has 0 spiro atoms. The normalized spacial score (nSPS) is 18.1. The second-order valence-electron chi connectivity index (χ2n) is 4.72. The van der Waals surface area contributed by atoms with Gasteiger partial charge in [0.2, 0.25) is 5.91 Å². The second-order valence-corrected chi connectivity index (χ2v) is 4.72. The van der Waals surface area contributed by atoms with E-state index in [1.807, 2.05) is 24.3 Å². The molecule has 0 aliphatic carbocycles. The molecule has 0 saturated carbocycles. The summed E-state index contributed by atoms with van der Waals surface area (Å²) in [6, 6.07) is 9.71. The molecule has 1 aromatic rings. The standard InChI is InChI=1S/C15H18N2O2/c1-19-14-7-4-12(5-8-14)6-9-15(18)17-10-2-3-13(17)11-16/h4-5,7-8,13H,2-3,6,9-10H2,1H3. The van der Waals surface area contributed by atoms with E-state index in [1.54, 1.807) is 12.0 Å². The molecule has 1 fully saturated rings. The van der Waals surface area contributed by atoms with E-state index in [9.17, 15) is 4.79 Å². The van der Waals surface area contributed by atoms with Gasteiger partial charge in [0.1, 0.15) is 11.8 Å². The fourth-order valence-corrected chi connectivity index (χ4v) is 2.39. The largest absolute Gasteiger partial charge is 0.497 e. The molecule has 19 heavy (non-hydrogen) atoms. The van der Waals surface area contributed by atoms with Crippen LogP contribution in [0.15, 0.2) is 24.3 Å². The molecule has 0 aromatic heterocycles. The number of benzene rings is 1. The van der Waals surface area contributed by atoms with Gasteiger partial charge in [-0.15, -0.1) is 0 Å². The van der Waals surface area contributed by atoms with Gasteiger partial charge in [-0.2, -0.15) is 5.26 Å². The zero-order valence-electron chi connectivity index (χ0n) is 11.1. The summed E-state index contributed by atoms with van der Waals surface area (Å²) in [6.45, 7) is 0.722. The van der Waals surface area contributed by atoms with Gasteiger partial charge in [0.15, 0.2) is 0 Å². The summed E-state index contributed by atoms with van der Waals surface area (Å²) >= 11 is 0. The molecule has 4 heteroatoms. The number of aryl methyl sites for hydroxylation is 1. The van der Waals surface area contributed by atoms with Crippen LogP contribution in [0.5, 0.6) is 5.75 Å². The van der Waals surface area contributed by atoms with Crippen molar-refractivity contribution >= 4 is 5.91 Å². The van der Waals surface area contributed by atoms with Gasteiger partial charge in [-0.05, 0) is 37.0 Å². The first-order valence-electron chi connectivity index (χ1n) is 6.56. The lowest BCUT2D eigenvalue weighted by atomic mass is 10.1. The average Bonchev–Trinajstić information content (AvgIpc) is 2.93. The number of hydrogen-bond donors (Lipinski definition) is 0. The maximum absolute atomic E-state index is 12.1. The molecule has 100 valence electrons. The molecule has 1 amide bonds. The highest BCUT2D eigenvalue weighted by atomic mass is 16.5. The summed E-state index contributed by atoms with van der Waals surface area (Å²) in [7, 11) is 1.63. The Hall–Kier alpha value is -2.02. The number of ether oxygens (including phenoxy) is 1. The predicted molar refractivity (Wildman–Crippen MR) is 71.7 cm³/mol. The maximum Gasteiger partial charge on any atom is 0.223 e. The van der Waals surface area contributed by atoms with Crippen LogP contribution in [0, 0.1) is 11.3 Å². The quantitative estimate of drug-likeness (QED) is 0.831. The first-order chi connectivity index (χ1) is 9.24. The second kappa shape index (κ2) is 6.24. The number of carbonyl (C=O) groups is 1.